The summed E-state index contributed by atoms with van der Waals surface area (Å²) in [7, 11) is 1.84. The lowest BCUT2D eigenvalue weighted by atomic mass is 9.85. The third kappa shape index (κ3) is 16.3. The first-order valence-electron chi connectivity index (χ1n) is 25.9. The maximum Gasteiger partial charge on any atom is 0.246 e. The summed E-state index contributed by atoms with van der Waals surface area (Å²) in [4.78, 5) is 63.0. The number of unbranched alkanes of at least 4 members (excludes halogenated alkanes) is 9. The Balaban J connectivity index is 0.844. The molecule has 5 unspecified atom stereocenters. The van der Waals surface area contributed by atoms with Gasteiger partial charge in [-0.15, -0.1) is 21.5 Å². The number of nitrogens with zero attached hydrogens (tertiary/aromatic N) is 5. The number of hydrogen-bond donors (Lipinski definition) is 5. The van der Waals surface area contributed by atoms with E-state index >= 15 is 0 Å². The summed E-state index contributed by atoms with van der Waals surface area (Å²) < 4.78 is 6.21. The molecule has 0 radical (unpaired) electrons. The number of aliphatic hydroxyl groups excluding tert-OH is 1. The van der Waals surface area contributed by atoms with Gasteiger partial charge in [-0.05, 0) is 60.9 Å². The highest BCUT2D eigenvalue weighted by molar-refractivity contribution is 7.13. The Bertz CT molecular complexity index is 2570. The Hall–Kier alpha value is -6.39. The number of carbonyl (C=O) groups is 4. The van der Waals surface area contributed by atoms with Crippen LogP contribution in [0.2, 0.25) is 0 Å². The lowest BCUT2D eigenvalue weighted by molar-refractivity contribution is -0.144. The predicted octanol–water partition coefficient (Wildman–Crippen LogP) is 9.54. The number of likely N-dealkylation sites (N-methyl/N-ethyl adjacent to an activating group) is 1. The smallest absolute Gasteiger partial charge is 0.246 e. The van der Waals surface area contributed by atoms with Crippen molar-refractivity contribution in [3.05, 3.63) is 107 Å². The molecule has 6 rings (SSSR count). The van der Waals surface area contributed by atoms with E-state index in [4.69, 9.17) is 10.5 Å². The summed E-state index contributed by atoms with van der Waals surface area (Å²) in [5.41, 5.74) is 12.3. The molecule has 3 heterocycles. The second-order valence-electron chi connectivity index (χ2n) is 20.6. The molecule has 0 bridgehead atoms. The van der Waals surface area contributed by atoms with Gasteiger partial charge in [0.15, 0.2) is 11.6 Å². The number of β-amino-alcohol motifs (C(OH)–C–C–N with tert-alkyl or cyclic N) is 1. The topological polar surface area (TPSA) is 213 Å². The van der Waals surface area contributed by atoms with Gasteiger partial charge in [0.25, 0.3) is 0 Å². The molecule has 73 heavy (non-hydrogen) atoms. The maximum absolute atomic E-state index is 14.1. The van der Waals surface area contributed by atoms with Crippen LogP contribution in [-0.2, 0) is 19.2 Å². The Morgan fingerprint density at radius 2 is 1.48 bits per heavy atom. The molecular weight excluding hydrogens is 941 g/mol. The number of rotatable bonds is 26. The van der Waals surface area contributed by atoms with Crippen LogP contribution in [0.25, 0.3) is 21.7 Å². The molecule has 3 aromatic carbocycles. The second kappa shape index (κ2) is 27.1. The monoisotopic (exact) mass is 1020 g/mol. The number of amides is 4. The average molecular weight is 1020 g/mol. The lowest BCUT2D eigenvalue weighted by Crippen LogP contribution is -2.57. The summed E-state index contributed by atoms with van der Waals surface area (Å²) in [6, 6.07) is 24.5. The summed E-state index contributed by atoms with van der Waals surface area (Å²) >= 11 is 1.58. The van der Waals surface area contributed by atoms with Crippen LogP contribution >= 0.6 is 11.3 Å². The van der Waals surface area contributed by atoms with E-state index in [-0.39, 0.29) is 66.7 Å². The second-order valence-corrected chi connectivity index (χ2v) is 21.5. The van der Waals surface area contributed by atoms with E-state index < -0.39 is 23.6 Å². The van der Waals surface area contributed by atoms with Crippen molar-refractivity contribution < 1.29 is 34.1 Å². The highest BCUT2D eigenvalue weighted by Gasteiger charge is 2.44. The number of phenols is 1. The maximum atomic E-state index is 14.1. The van der Waals surface area contributed by atoms with Crippen molar-refractivity contribution >= 4 is 40.8 Å². The minimum atomic E-state index is -0.859. The fourth-order valence-corrected chi connectivity index (χ4v) is 10.2. The quantitative estimate of drug-likeness (QED) is 0.0329. The largest absolute Gasteiger partial charge is 0.507 e. The number of ether oxygens (including phenoxy) is 1. The molecule has 5 aromatic rings. The summed E-state index contributed by atoms with van der Waals surface area (Å²) in [5, 5.41) is 35.2. The number of para-hydroxylation sites is 1. The molecule has 0 aliphatic carbocycles. The molecule has 16 heteroatoms. The van der Waals surface area contributed by atoms with E-state index in [1.807, 2.05) is 102 Å². The van der Waals surface area contributed by atoms with Gasteiger partial charge in [-0.2, -0.15) is 0 Å². The molecule has 5 atom stereocenters. The zero-order valence-corrected chi connectivity index (χ0v) is 44.3. The molecule has 0 saturated carbocycles. The molecule has 0 spiro atoms. The van der Waals surface area contributed by atoms with Crippen molar-refractivity contribution in [1.82, 2.24) is 35.6 Å². The van der Waals surface area contributed by atoms with Crippen molar-refractivity contribution in [2.24, 2.45) is 5.41 Å². The first-order valence-corrected chi connectivity index (χ1v) is 26.8. The van der Waals surface area contributed by atoms with Crippen LogP contribution in [0.4, 0.5) is 5.82 Å². The summed E-state index contributed by atoms with van der Waals surface area (Å²) in [5.74, 6) is -0.346. The van der Waals surface area contributed by atoms with Gasteiger partial charge in [0.05, 0.1) is 34.8 Å². The summed E-state index contributed by atoms with van der Waals surface area (Å²) in [6.07, 6.45) is 10.0. The number of nitrogen functional groups attached to an aromatic ring is 1. The highest BCUT2D eigenvalue weighted by Crippen LogP contribution is 2.33. The van der Waals surface area contributed by atoms with E-state index in [0.717, 1.165) is 85.0 Å². The number of anilines is 1. The fraction of sp³-hybridized carbons (Fsp3) is 0.491. The zero-order valence-electron chi connectivity index (χ0n) is 43.5. The first kappa shape index (κ1) is 55.9. The van der Waals surface area contributed by atoms with Crippen LogP contribution in [0.15, 0.2) is 90.4 Å². The van der Waals surface area contributed by atoms with Crippen LogP contribution in [0, 0.1) is 12.3 Å². The lowest BCUT2D eigenvalue weighted by Gasteiger charge is -2.35. The number of likely N-dealkylation sites (tertiary alicyclic amines) is 1. The van der Waals surface area contributed by atoms with Gasteiger partial charge in [-0.3, -0.25) is 19.2 Å². The summed E-state index contributed by atoms with van der Waals surface area (Å²) in [6.45, 7) is 10.3. The molecule has 1 aliphatic rings. The van der Waals surface area contributed by atoms with Crippen molar-refractivity contribution in [3.63, 3.8) is 0 Å². The molecule has 1 saturated heterocycles. The molecule has 1 aliphatic heterocycles. The molecule has 392 valence electrons. The third-order valence-corrected chi connectivity index (χ3v) is 14.7. The van der Waals surface area contributed by atoms with E-state index in [9.17, 15) is 29.4 Å². The Labute approximate surface area is 435 Å². The predicted molar refractivity (Wildman–Crippen MR) is 288 cm³/mol. The zero-order chi connectivity index (χ0) is 52.5. The number of benzene rings is 3. The SMILES string of the molecule is Cc1ncsc1-c1ccc(C(C)NC(=O)C2CC(O)CN2C(=O)C(NC(=O)CCCCCCCCCCCCC(=O)N(C)CC(COc2cc(-c3ccccc3O)nnc2N)c2ccccc2)C(C)(C)C)cc1. The molecule has 1 fully saturated rings. The number of aliphatic hydroxyl groups is 1. The van der Waals surface area contributed by atoms with E-state index in [2.05, 4.69) is 25.8 Å². The number of aromatic hydroxyl groups is 1. The number of nitrogens with one attached hydrogen (secondary N) is 2. The van der Waals surface area contributed by atoms with Crippen LogP contribution < -0.4 is 21.1 Å². The van der Waals surface area contributed by atoms with Crippen molar-refractivity contribution in [3.8, 4) is 33.2 Å². The Kier molecular flexibility index (Phi) is 20.7. The number of thiazole rings is 1. The van der Waals surface area contributed by atoms with Crippen LogP contribution in [0.5, 0.6) is 11.5 Å². The normalized spacial score (nSPS) is 15.8. The molecular formula is C57H76N8O7S. The molecule has 2 aromatic heterocycles. The van der Waals surface area contributed by atoms with Crippen molar-refractivity contribution in [2.45, 2.75) is 148 Å². The number of aromatic nitrogens is 3. The molecule has 4 amide bonds. The Morgan fingerprint density at radius 3 is 2.11 bits per heavy atom. The average Bonchev–Trinajstić information content (AvgIpc) is 4.00. The van der Waals surface area contributed by atoms with Gasteiger partial charge in [-0.1, -0.05) is 139 Å². The molecule has 15 nitrogen and oxygen atoms in total. The van der Waals surface area contributed by atoms with Gasteiger partial charge in [0, 0.05) is 56.9 Å². The number of nitrogens with two attached hydrogens (primary N) is 1. The van der Waals surface area contributed by atoms with Crippen LogP contribution in [0.1, 0.15) is 140 Å². The third-order valence-electron chi connectivity index (χ3n) is 13.7. The van der Waals surface area contributed by atoms with Crippen LogP contribution in [-0.4, -0.2) is 104 Å². The minimum absolute atomic E-state index is 0.0255. The van der Waals surface area contributed by atoms with Gasteiger partial charge in [0.2, 0.25) is 23.6 Å². The van der Waals surface area contributed by atoms with Gasteiger partial charge in [0.1, 0.15) is 23.5 Å². The standard InChI is InChI=1S/C57H76N8O7S/c1-38(40-28-30-42(31-29-40)52-39(2)59-37-73-52)60-55(70)47-32-44(66)35-65(47)56(71)53(57(3,4)5)61-50(68)26-18-13-11-9-7-8-10-12-14-19-27-51(69)64(6)34-43(41-22-16-15-17-23-41)36-72-49-33-46(62-63-54(49)58)45-24-20-21-25-48(45)67/h15-17,20-25,28-31,33,37-38,43-44,47,53,66-67H,7-14,18-19,26-27,32,34-36H2,1-6H3,(H2,58,63)(H,60,70)(H,61,68). The number of phenolic OH excluding ortho intramolecular Hbond substituents is 1. The van der Waals surface area contributed by atoms with E-state index in [1.54, 1.807) is 46.6 Å². The van der Waals surface area contributed by atoms with Gasteiger partial charge >= 0.3 is 0 Å². The number of carbonyl (C=O) groups excluding carboxylic acids is 4. The minimum Gasteiger partial charge on any atom is -0.507 e. The van der Waals surface area contributed by atoms with Crippen LogP contribution in [0.3, 0.4) is 0 Å². The number of hydrogen-bond acceptors (Lipinski definition) is 12. The van der Waals surface area contributed by atoms with Gasteiger partial charge < -0.3 is 41.1 Å². The fourth-order valence-electron chi connectivity index (χ4n) is 9.34. The van der Waals surface area contributed by atoms with E-state index in [1.165, 1.54) is 4.90 Å². The van der Waals surface area contributed by atoms with Gasteiger partial charge in [-0.25, -0.2) is 4.98 Å². The first-order chi connectivity index (χ1) is 35.0. The molecule has 6 N–H and O–H groups in total. The highest BCUT2D eigenvalue weighted by atomic mass is 32.1. The van der Waals surface area contributed by atoms with Crippen molar-refractivity contribution in [2.75, 3.05) is 32.5 Å². The van der Waals surface area contributed by atoms with E-state index in [0.29, 0.717) is 42.8 Å². The number of aryl methyl sites for hydroxylation is 1. The Morgan fingerprint density at radius 1 is 0.849 bits per heavy atom. The van der Waals surface area contributed by atoms with Crippen molar-refractivity contribution in [1.29, 1.82) is 0 Å².